The molecule has 1 aliphatic heterocycles. The number of nitrogens with one attached hydrogen (secondary N) is 1. The zero-order valence-corrected chi connectivity index (χ0v) is 11.8. The van der Waals surface area contributed by atoms with E-state index in [0.29, 0.717) is 18.1 Å². The van der Waals surface area contributed by atoms with Crippen molar-refractivity contribution in [1.29, 1.82) is 0 Å². The van der Waals surface area contributed by atoms with Crippen LogP contribution in [0.15, 0.2) is 24.3 Å². The summed E-state index contributed by atoms with van der Waals surface area (Å²) in [7, 11) is 0. The number of benzene rings is 1. The van der Waals surface area contributed by atoms with Crippen molar-refractivity contribution in [1.82, 2.24) is 5.32 Å². The Bertz CT molecular complexity index is 431. The van der Waals surface area contributed by atoms with Crippen LogP contribution in [-0.2, 0) is 4.79 Å². The number of Topliss-reactive ketones (excluding diaryl/α,β-unsaturated/α-hetero) is 1. The van der Waals surface area contributed by atoms with Crippen LogP contribution >= 0.6 is 0 Å². The Balaban J connectivity index is 1.98. The minimum atomic E-state index is 0.0926. The van der Waals surface area contributed by atoms with Crippen LogP contribution in [-0.4, -0.2) is 25.5 Å². The molecule has 1 N–H and O–H groups in total. The van der Waals surface area contributed by atoms with E-state index in [2.05, 4.69) is 18.3 Å². The van der Waals surface area contributed by atoms with E-state index in [0.717, 1.165) is 31.9 Å². The Kier molecular flexibility index (Phi) is 4.97. The molecule has 3 nitrogen and oxygen atoms in total. The number of hydrogen-bond acceptors (Lipinski definition) is 3. The lowest BCUT2D eigenvalue weighted by Gasteiger charge is -2.26. The summed E-state index contributed by atoms with van der Waals surface area (Å²) in [6.07, 6.45) is 1.57. The molecule has 1 aliphatic rings. The van der Waals surface area contributed by atoms with Crippen molar-refractivity contribution in [3.8, 4) is 5.75 Å². The quantitative estimate of drug-likeness (QED) is 0.855. The fraction of sp³-hybridized carbons (Fsp3) is 0.562. The van der Waals surface area contributed by atoms with Gasteiger partial charge in [0.1, 0.15) is 11.5 Å². The first-order chi connectivity index (χ1) is 9.22. The molecule has 2 rings (SSSR count). The molecule has 0 saturated carbocycles. The van der Waals surface area contributed by atoms with E-state index < -0.39 is 0 Å². The van der Waals surface area contributed by atoms with Gasteiger partial charge in [-0.3, -0.25) is 4.79 Å². The number of ether oxygens (including phenoxy) is 1. The number of rotatable bonds is 6. The van der Waals surface area contributed by atoms with Gasteiger partial charge >= 0.3 is 0 Å². The largest absolute Gasteiger partial charge is 0.493 e. The monoisotopic (exact) mass is 261 g/mol. The molecular weight excluding hydrogens is 238 g/mol. The van der Waals surface area contributed by atoms with E-state index in [-0.39, 0.29) is 5.92 Å². The average Bonchev–Trinajstić information content (AvgIpc) is 2.45. The van der Waals surface area contributed by atoms with Crippen LogP contribution in [0.2, 0.25) is 0 Å². The highest BCUT2D eigenvalue weighted by molar-refractivity contribution is 5.81. The van der Waals surface area contributed by atoms with Crippen LogP contribution in [0.1, 0.15) is 38.2 Å². The summed E-state index contributed by atoms with van der Waals surface area (Å²) in [4.78, 5) is 12.2. The highest BCUT2D eigenvalue weighted by atomic mass is 16.5. The van der Waals surface area contributed by atoms with Crippen molar-refractivity contribution < 1.29 is 9.53 Å². The highest BCUT2D eigenvalue weighted by Gasteiger charge is 2.25. The van der Waals surface area contributed by atoms with Crippen molar-refractivity contribution in [2.75, 3.05) is 19.7 Å². The first kappa shape index (κ1) is 14.1. The lowest BCUT2D eigenvalue weighted by molar-refractivity contribution is -0.122. The summed E-state index contributed by atoms with van der Waals surface area (Å²) in [6.45, 7) is 6.48. The van der Waals surface area contributed by atoms with Crippen LogP contribution in [0, 0.1) is 5.92 Å². The third-order valence-corrected chi connectivity index (χ3v) is 3.78. The van der Waals surface area contributed by atoms with E-state index in [1.807, 2.05) is 25.1 Å². The minimum Gasteiger partial charge on any atom is -0.493 e. The molecule has 0 amide bonds. The minimum absolute atomic E-state index is 0.0926. The maximum absolute atomic E-state index is 12.2. The third-order valence-electron chi connectivity index (χ3n) is 3.78. The van der Waals surface area contributed by atoms with Crippen molar-refractivity contribution >= 4 is 5.78 Å². The second kappa shape index (κ2) is 6.71. The van der Waals surface area contributed by atoms with Gasteiger partial charge in [-0.25, -0.2) is 0 Å². The molecule has 0 spiro atoms. The molecule has 1 aromatic carbocycles. The maximum Gasteiger partial charge on any atom is 0.137 e. The van der Waals surface area contributed by atoms with E-state index in [9.17, 15) is 4.79 Å². The maximum atomic E-state index is 12.2. The van der Waals surface area contributed by atoms with Gasteiger partial charge in [0.25, 0.3) is 0 Å². The van der Waals surface area contributed by atoms with Gasteiger partial charge in [-0.1, -0.05) is 32.0 Å². The number of carbonyl (C=O) groups excluding carboxylic acids is 1. The summed E-state index contributed by atoms with van der Waals surface area (Å²) in [6, 6.07) is 8.08. The van der Waals surface area contributed by atoms with Gasteiger partial charge in [0.2, 0.25) is 0 Å². The van der Waals surface area contributed by atoms with Crippen molar-refractivity contribution in [2.45, 2.75) is 32.6 Å². The molecule has 2 unspecified atom stereocenters. The molecule has 0 aromatic heterocycles. The van der Waals surface area contributed by atoms with Crippen LogP contribution < -0.4 is 10.1 Å². The van der Waals surface area contributed by atoms with E-state index in [1.54, 1.807) is 0 Å². The summed E-state index contributed by atoms with van der Waals surface area (Å²) in [5.74, 6) is 1.71. The van der Waals surface area contributed by atoms with Crippen molar-refractivity contribution in [3.05, 3.63) is 29.8 Å². The van der Waals surface area contributed by atoms with E-state index in [1.165, 1.54) is 5.56 Å². The van der Waals surface area contributed by atoms with Gasteiger partial charge in [-0.2, -0.15) is 0 Å². The summed E-state index contributed by atoms with van der Waals surface area (Å²) in [5, 5.41) is 3.24. The molecule has 1 heterocycles. The Morgan fingerprint density at radius 3 is 3.05 bits per heavy atom. The standard InChI is InChI=1S/C16H23NO2/c1-3-17-11-12(2)15(18)10-13-8-9-19-16-7-5-4-6-14(13)16/h4-7,12-13,17H,3,8-11H2,1-2H3. The summed E-state index contributed by atoms with van der Waals surface area (Å²) >= 11 is 0. The first-order valence-corrected chi connectivity index (χ1v) is 7.17. The molecule has 2 atom stereocenters. The van der Waals surface area contributed by atoms with Crippen LogP contribution in [0.3, 0.4) is 0 Å². The van der Waals surface area contributed by atoms with E-state index >= 15 is 0 Å². The number of ketones is 1. The Labute approximate surface area is 115 Å². The zero-order chi connectivity index (χ0) is 13.7. The number of fused-ring (bicyclic) bond motifs is 1. The molecule has 0 bridgehead atoms. The highest BCUT2D eigenvalue weighted by Crippen LogP contribution is 2.35. The molecule has 1 aromatic rings. The molecule has 0 radical (unpaired) electrons. The van der Waals surface area contributed by atoms with Gasteiger partial charge in [0.15, 0.2) is 0 Å². The van der Waals surface area contributed by atoms with Gasteiger partial charge in [-0.15, -0.1) is 0 Å². The molecule has 3 heteroatoms. The first-order valence-electron chi connectivity index (χ1n) is 7.17. The third kappa shape index (κ3) is 3.57. The molecule has 104 valence electrons. The fourth-order valence-electron chi connectivity index (χ4n) is 2.55. The Morgan fingerprint density at radius 1 is 1.47 bits per heavy atom. The number of carbonyl (C=O) groups is 1. The second-order valence-electron chi connectivity index (χ2n) is 5.25. The zero-order valence-electron chi connectivity index (χ0n) is 11.8. The Morgan fingerprint density at radius 2 is 2.26 bits per heavy atom. The Hall–Kier alpha value is -1.35. The topological polar surface area (TPSA) is 38.3 Å². The lowest BCUT2D eigenvalue weighted by Crippen LogP contribution is -2.28. The van der Waals surface area contributed by atoms with Crippen molar-refractivity contribution in [2.24, 2.45) is 5.92 Å². The number of para-hydroxylation sites is 1. The van der Waals surface area contributed by atoms with E-state index in [4.69, 9.17) is 4.74 Å². The van der Waals surface area contributed by atoms with Gasteiger partial charge in [-0.05, 0) is 30.5 Å². The van der Waals surface area contributed by atoms with Crippen LogP contribution in [0.4, 0.5) is 0 Å². The van der Waals surface area contributed by atoms with Crippen LogP contribution in [0.25, 0.3) is 0 Å². The summed E-state index contributed by atoms with van der Waals surface area (Å²) < 4.78 is 5.64. The summed E-state index contributed by atoms with van der Waals surface area (Å²) in [5.41, 5.74) is 1.19. The normalized spacial score (nSPS) is 19.4. The lowest BCUT2D eigenvalue weighted by atomic mass is 9.86. The molecule has 0 saturated heterocycles. The van der Waals surface area contributed by atoms with Gasteiger partial charge < -0.3 is 10.1 Å². The predicted octanol–water partition coefficient (Wildman–Crippen LogP) is 2.76. The van der Waals surface area contributed by atoms with Crippen molar-refractivity contribution in [3.63, 3.8) is 0 Å². The average molecular weight is 261 g/mol. The molecular formula is C16H23NO2. The number of hydrogen-bond donors (Lipinski definition) is 1. The smallest absolute Gasteiger partial charge is 0.137 e. The van der Waals surface area contributed by atoms with Gasteiger partial charge in [0.05, 0.1) is 6.61 Å². The SMILES string of the molecule is CCNCC(C)C(=O)CC1CCOc2ccccc21. The second-order valence-corrected chi connectivity index (χ2v) is 5.25. The van der Waals surface area contributed by atoms with Crippen LogP contribution in [0.5, 0.6) is 5.75 Å². The van der Waals surface area contributed by atoms with Gasteiger partial charge in [0, 0.05) is 18.9 Å². The fourth-order valence-corrected chi connectivity index (χ4v) is 2.55. The molecule has 19 heavy (non-hydrogen) atoms. The molecule has 0 aliphatic carbocycles. The molecule has 0 fully saturated rings. The predicted molar refractivity (Wildman–Crippen MR) is 76.6 cm³/mol.